The topological polar surface area (TPSA) is 35.6 Å². The highest BCUT2D eigenvalue weighted by molar-refractivity contribution is 5.74. The van der Waals surface area contributed by atoms with Crippen molar-refractivity contribution >= 4 is 6.03 Å². The van der Waals surface area contributed by atoms with Crippen molar-refractivity contribution in [2.75, 3.05) is 27.2 Å². The SMILES string of the molecule is CN(C)C(=O)N[C@H]1CC2(CCN([C@@H]3CC4CC[C@@H]3C4)CC2)c2ccccc21. The normalized spacial score (nSPS) is 34.0. The summed E-state index contributed by atoms with van der Waals surface area (Å²) >= 11 is 0. The van der Waals surface area contributed by atoms with Gasteiger partial charge in [-0.25, -0.2) is 4.79 Å². The van der Waals surface area contributed by atoms with E-state index in [-0.39, 0.29) is 17.5 Å². The zero-order chi connectivity index (χ0) is 18.6. The Morgan fingerprint density at radius 3 is 2.59 bits per heavy atom. The Hall–Kier alpha value is -1.55. The van der Waals surface area contributed by atoms with E-state index < -0.39 is 0 Å². The van der Waals surface area contributed by atoms with Crippen molar-refractivity contribution < 1.29 is 4.79 Å². The van der Waals surface area contributed by atoms with E-state index in [9.17, 15) is 4.79 Å². The first-order valence-corrected chi connectivity index (χ1v) is 10.9. The maximum atomic E-state index is 12.3. The Bertz CT molecular complexity index is 722. The van der Waals surface area contributed by atoms with E-state index >= 15 is 0 Å². The average molecular weight is 368 g/mol. The molecule has 1 spiro atoms. The molecule has 4 atom stereocenters. The van der Waals surface area contributed by atoms with Crippen LogP contribution in [-0.2, 0) is 5.41 Å². The average Bonchev–Trinajstić information content (AvgIpc) is 3.38. The van der Waals surface area contributed by atoms with Crippen molar-refractivity contribution in [3.8, 4) is 0 Å². The fourth-order valence-electron chi connectivity index (χ4n) is 6.72. The zero-order valence-corrected chi connectivity index (χ0v) is 16.8. The number of carbonyl (C=O) groups excluding carboxylic acids is 1. The number of rotatable bonds is 2. The number of fused-ring (bicyclic) bond motifs is 4. The van der Waals surface area contributed by atoms with Gasteiger partial charge < -0.3 is 15.1 Å². The summed E-state index contributed by atoms with van der Waals surface area (Å²) in [4.78, 5) is 16.8. The Labute approximate surface area is 163 Å². The minimum Gasteiger partial charge on any atom is -0.331 e. The van der Waals surface area contributed by atoms with E-state index in [2.05, 4.69) is 34.5 Å². The van der Waals surface area contributed by atoms with E-state index in [0.29, 0.717) is 0 Å². The van der Waals surface area contributed by atoms with Gasteiger partial charge in [-0.3, -0.25) is 0 Å². The minimum atomic E-state index is 0.0197. The highest BCUT2D eigenvalue weighted by atomic mass is 16.2. The Morgan fingerprint density at radius 2 is 1.93 bits per heavy atom. The van der Waals surface area contributed by atoms with Crippen molar-refractivity contribution in [3.05, 3.63) is 35.4 Å². The fraction of sp³-hybridized carbons (Fsp3) is 0.696. The molecule has 2 saturated carbocycles. The third-order valence-corrected chi connectivity index (χ3v) is 8.13. The molecule has 4 nitrogen and oxygen atoms in total. The van der Waals surface area contributed by atoms with Crippen LogP contribution in [0, 0.1) is 11.8 Å². The molecule has 3 fully saturated rings. The van der Waals surface area contributed by atoms with Crippen molar-refractivity contribution in [2.45, 2.75) is 62.4 Å². The number of hydrogen-bond donors (Lipinski definition) is 1. The first kappa shape index (κ1) is 17.5. The van der Waals surface area contributed by atoms with Crippen LogP contribution in [0.25, 0.3) is 0 Å². The molecule has 1 saturated heterocycles. The van der Waals surface area contributed by atoms with Gasteiger partial charge in [-0.15, -0.1) is 0 Å². The summed E-state index contributed by atoms with van der Waals surface area (Å²) in [7, 11) is 3.64. The van der Waals surface area contributed by atoms with Crippen LogP contribution in [-0.4, -0.2) is 49.1 Å². The molecule has 2 amide bonds. The van der Waals surface area contributed by atoms with Crippen molar-refractivity contribution in [3.63, 3.8) is 0 Å². The molecule has 1 N–H and O–H groups in total. The highest BCUT2D eigenvalue weighted by Gasteiger charge is 2.49. The van der Waals surface area contributed by atoms with E-state index in [0.717, 1.165) is 24.3 Å². The van der Waals surface area contributed by atoms with Gasteiger partial charge in [0.2, 0.25) is 0 Å². The molecule has 2 bridgehead atoms. The molecule has 1 aromatic rings. The lowest BCUT2D eigenvalue weighted by atomic mass is 9.73. The van der Waals surface area contributed by atoms with Crippen LogP contribution in [0.2, 0.25) is 0 Å². The molecule has 27 heavy (non-hydrogen) atoms. The van der Waals surface area contributed by atoms with Gasteiger partial charge in [-0.1, -0.05) is 30.7 Å². The molecular formula is C23H33N3O. The van der Waals surface area contributed by atoms with Crippen LogP contribution in [0.5, 0.6) is 0 Å². The van der Waals surface area contributed by atoms with Gasteiger partial charge in [0.15, 0.2) is 0 Å². The van der Waals surface area contributed by atoms with Gasteiger partial charge in [-0.2, -0.15) is 0 Å². The molecule has 3 aliphatic carbocycles. The summed E-state index contributed by atoms with van der Waals surface area (Å²) in [5.74, 6) is 2.00. The standard InChI is InChI=1S/C23H33N3O/c1-25(2)22(27)24-20-15-23(19-6-4-3-5-18(19)20)9-11-26(12-10-23)21-14-16-7-8-17(21)13-16/h3-6,16-17,20-21H,7-15H2,1-2H3,(H,24,27)/t16?,17-,20+,21-/m1/s1. The molecule has 0 aromatic heterocycles. The molecule has 1 aromatic carbocycles. The molecular weight excluding hydrogens is 334 g/mol. The van der Waals surface area contributed by atoms with Crippen LogP contribution in [0.4, 0.5) is 4.79 Å². The Balaban J connectivity index is 1.32. The second-order valence-electron chi connectivity index (χ2n) is 9.75. The lowest BCUT2D eigenvalue weighted by molar-refractivity contribution is 0.0812. The third-order valence-electron chi connectivity index (χ3n) is 8.13. The number of piperidine rings is 1. The number of nitrogens with zero attached hydrogens (tertiary/aromatic N) is 2. The van der Waals surface area contributed by atoms with E-state index in [1.54, 1.807) is 4.90 Å². The summed E-state index contributed by atoms with van der Waals surface area (Å²) in [5.41, 5.74) is 3.11. The van der Waals surface area contributed by atoms with Crippen molar-refractivity contribution in [1.29, 1.82) is 0 Å². The highest BCUT2D eigenvalue weighted by Crippen LogP contribution is 2.53. The molecule has 1 unspecified atom stereocenters. The maximum Gasteiger partial charge on any atom is 0.317 e. The third kappa shape index (κ3) is 2.88. The number of carbonyl (C=O) groups is 1. The first-order chi connectivity index (χ1) is 13.1. The lowest BCUT2D eigenvalue weighted by Crippen LogP contribution is -2.48. The maximum absolute atomic E-state index is 12.3. The fourth-order valence-corrected chi connectivity index (χ4v) is 6.72. The van der Waals surface area contributed by atoms with Crippen molar-refractivity contribution in [2.24, 2.45) is 11.8 Å². The van der Waals surface area contributed by atoms with Gasteiger partial charge in [0.05, 0.1) is 6.04 Å². The summed E-state index contributed by atoms with van der Waals surface area (Å²) in [6, 6.07) is 9.89. The first-order valence-electron chi connectivity index (χ1n) is 10.9. The predicted molar refractivity (Wildman–Crippen MR) is 108 cm³/mol. The molecule has 1 heterocycles. The summed E-state index contributed by atoms with van der Waals surface area (Å²) in [6.07, 6.45) is 9.45. The Kier molecular flexibility index (Phi) is 4.23. The molecule has 4 aliphatic rings. The smallest absolute Gasteiger partial charge is 0.317 e. The number of benzene rings is 1. The van der Waals surface area contributed by atoms with Crippen LogP contribution in [0.1, 0.15) is 62.1 Å². The van der Waals surface area contributed by atoms with Crippen LogP contribution in [0.15, 0.2) is 24.3 Å². The van der Waals surface area contributed by atoms with Gasteiger partial charge in [0.25, 0.3) is 0 Å². The molecule has 4 heteroatoms. The molecule has 0 radical (unpaired) electrons. The van der Waals surface area contributed by atoms with Crippen LogP contribution < -0.4 is 5.32 Å². The summed E-state index contributed by atoms with van der Waals surface area (Å²) in [5, 5.41) is 3.27. The lowest BCUT2D eigenvalue weighted by Gasteiger charge is -2.44. The number of nitrogens with one attached hydrogen (secondary N) is 1. The second kappa shape index (κ2) is 6.51. The van der Waals surface area contributed by atoms with Crippen LogP contribution in [0.3, 0.4) is 0 Å². The quantitative estimate of drug-likeness (QED) is 0.860. The Morgan fingerprint density at radius 1 is 1.15 bits per heavy atom. The van der Waals surface area contributed by atoms with E-state index in [4.69, 9.17) is 0 Å². The summed E-state index contributed by atoms with van der Waals surface area (Å²) in [6.45, 7) is 2.47. The number of likely N-dealkylation sites (tertiary alicyclic amines) is 1. The summed E-state index contributed by atoms with van der Waals surface area (Å²) < 4.78 is 0. The molecule has 1 aliphatic heterocycles. The van der Waals surface area contributed by atoms with Gasteiger partial charge in [0.1, 0.15) is 0 Å². The van der Waals surface area contributed by atoms with Gasteiger partial charge in [-0.05, 0) is 74.6 Å². The van der Waals surface area contributed by atoms with Gasteiger partial charge in [0, 0.05) is 25.6 Å². The number of urea groups is 1. The van der Waals surface area contributed by atoms with E-state index in [1.165, 1.54) is 62.7 Å². The second-order valence-corrected chi connectivity index (χ2v) is 9.75. The minimum absolute atomic E-state index is 0.0197. The predicted octanol–water partition coefficient (Wildman–Crippen LogP) is 3.92. The molecule has 146 valence electrons. The van der Waals surface area contributed by atoms with Crippen molar-refractivity contribution in [1.82, 2.24) is 15.1 Å². The monoisotopic (exact) mass is 367 g/mol. The number of amides is 2. The van der Waals surface area contributed by atoms with Gasteiger partial charge >= 0.3 is 6.03 Å². The number of hydrogen-bond acceptors (Lipinski definition) is 2. The van der Waals surface area contributed by atoms with E-state index in [1.807, 2.05) is 14.1 Å². The zero-order valence-electron chi connectivity index (χ0n) is 16.8. The van der Waals surface area contributed by atoms with Crippen LogP contribution >= 0.6 is 0 Å². The molecule has 5 rings (SSSR count). The largest absolute Gasteiger partial charge is 0.331 e.